The number of hydrogen-bond acceptors (Lipinski definition) is 3. The zero-order valence-electron chi connectivity index (χ0n) is 9.91. The molecule has 3 heteroatoms. The van der Waals surface area contributed by atoms with E-state index in [1.54, 1.807) is 11.3 Å². The molecule has 1 fully saturated rings. The van der Waals surface area contributed by atoms with Crippen molar-refractivity contribution < 1.29 is 5.11 Å². The molecule has 2 nitrogen and oxygen atoms in total. The lowest BCUT2D eigenvalue weighted by Crippen LogP contribution is -2.50. The van der Waals surface area contributed by atoms with Crippen molar-refractivity contribution in [3.8, 4) is 0 Å². The summed E-state index contributed by atoms with van der Waals surface area (Å²) in [7, 11) is 0. The molecule has 0 bridgehead atoms. The van der Waals surface area contributed by atoms with Crippen molar-refractivity contribution in [2.75, 3.05) is 6.61 Å². The molecule has 0 saturated heterocycles. The minimum Gasteiger partial charge on any atom is -0.394 e. The predicted molar refractivity (Wildman–Crippen MR) is 68.6 cm³/mol. The highest BCUT2D eigenvalue weighted by Crippen LogP contribution is 2.34. The first-order chi connectivity index (χ1) is 7.74. The summed E-state index contributed by atoms with van der Waals surface area (Å²) in [5.74, 6) is 0.637. The highest BCUT2D eigenvalue weighted by atomic mass is 32.1. The molecule has 1 aliphatic carbocycles. The summed E-state index contributed by atoms with van der Waals surface area (Å²) in [6.45, 7) is 3.28. The maximum absolute atomic E-state index is 9.62. The first-order valence-electron chi connectivity index (χ1n) is 6.13. The fourth-order valence-electron chi connectivity index (χ4n) is 2.59. The van der Waals surface area contributed by atoms with Gasteiger partial charge in [0.15, 0.2) is 0 Å². The van der Waals surface area contributed by atoms with E-state index < -0.39 is 0 Å². The number of rotatable bonds is 5. The maximum Gasteiger partial charge on any atom is 0.0613 e. The molecule has 1 saturated carbocycles. The van der Waals surface area contributed by atoms with Gasteiger partial charge in [0.05, 0.1) is 6.61 Å². The van der Waals surface area contributed by atoms with Crippen LogP contribution in [0.15, 0.2) is 17.5 Å². The van der Waals surface area contributed by atoms with Crippen LogP contribution < -0.4 is 5.32 Å². The van der Waals surface area contributed by atoms with Gasteiger partial charge in [0.1, 0.15) is 0 Å². The Kier molecular flexibility index (Phi) is 4.00. The largest absolute Gasteiger partial charge is 0.394 e. The molecular weight excluding hydrogens is 218 g/mol. The van der Waals surface area contributed by atoms with Crippen LogP contribution >= 0.6 is 11.3 Å². The van der Waals surface area contributed by atoms with Gasteiger partial charge in [-0.1, -0.05) is 18.9 Å². The lowest BCUT2D eigenvalue weighted by molar-refractivity contribution is 0.118. The molecular formula is C13H21NOS. The topological polar surface area (TPSA) is 32.3 Å². The van der Waals surface area contributed by atoms with Crippen molar-refractivity contribution in [1.82, 2.24) is 5.32 Å². The molecule has 0 aliphatic heterocycles. The minimum absolute atomic E-state index is 0.0967. The first-order valence-corrected chi connectivity index (χ1v) is 7.01. The summed E-state index contributed by atoms with van der Waals surface area (Å²) in [6, 6.07) is 4.22. The maximum atomic E-state index is 9.62. The Labute approximate surface area is 102 Å². The van der Waals surface area contributed by atoms with Gasteiger partial charge in [0.2, 0.25) is 0 Å². The standard InChI is InChI=1S/C13H21NOS/c1-13(10-15,11-5-2-3-6-11)14-9-12-7-4-8-16-12/h4,7-8,11,14-15H,2-3,5-6,9-10H2,1H3. The third kappa shape index (κ3) is 2.65. The third-order valence-electron chi connectivity index (χ3n) is 3.83. The predicted octanol–water partition coefficient (Wildman–Crippen LogP) is 2.78. The van der Waals surface area contributed by atoms with Gasteiger partial charge in [-0.25, -0.2) is 0 Å². The summed E-state index contributed by atoms with van der Waals surface area (Å²) in [4.78, 5) is 1.35. The van der Waals surface area contributed by atoms with E-state index in [1.807, 2.05) is 0 Å². The van der Waals surface area contributed by atoms with Gasteiger partial charge >= 0.3 is 0 Å². The second-order valence-electron chi connectivity index (χ2n) is 4.99. The smallest absolute Gasteiger partial charge is 0.0613 e. The van der Waals surface area contributed by atoms with Crippen molar-refractivity contribution in [1.29, 1.82) is 0 Å². The van der Waals surface area contributed by atoms with E-state index >= 15 is 0 Å². The number of thiophene rings is 1. The van der Waals surface area contributed by atoms with E-state index in [-0.39, 0.29) is 12.1 Å². The number of nitrogens with one attached hydrogen (secondary N) is 1. The highest BCUT2D eigenvalue weighted by molar-refractivity contribution is 7.09. The Bertz CT molecular complexity index is 306. The third-order valence-corrected chi connectivity index (χ3v) is 4.71. The molecule has 2 rings (SSSR count). The minimum atomic E-state index is -0.0967. The molecule has 0 amide bonds. The second kappa shape index (κ2) is 5.30. The van der Waals surface area contributed by atoms with Gasteiger partial charge in [0.25, 0.3) is 0 Å². The summed E-state index contributed by atoms with van der Waals surface area (Å²) in [6.07, 6.45) is 5.16. The lowest BCUT2D eigenvalue weighted by Gasteiger charge is -2.35. The van der Waals surface area contributed by atoms with Crippen LogP contribution in [0.4, 0.5) is 0 Å². The van der Waals surface area contributed by atoms with Gasteiger partial charge in [-0.2, -0.15) is 0 Å². The second-order valence-corrected chi connectivity index (χ2v) is 6.02. The average Bonchev–Trinajstić information content (AvgIpc) is 2.98. The molecule has 1 unspecified atom stereocenters. The van der Waals surface area contributed by atoms with Crippen molar-refractivity contribution >= 4 is 11.3 Å². The normalized spacial score (nSPS) is 21.1. The Balaban J connectivity index is 1.93. The molecule has 2 N–H and O–H groups in total. The molecule has 0 aromatic carbocycles. The molecule has 90 valence electrons. The quantitative estimate of drug-likeness (QED) is 0.828. The number of hydrogen-bond donors (Lipinski definition) is 2. The molecule has 1 heterocycles. The van der Waals surface area contributed by atoms with Gasteiger partial charge < -0.3 is 10.4 Å². The fourth-order valence-corrected chi connectivity index (χ4v) is 3.24. The van der Waals surface area contributed by atoms with Crippen molar-refractivity contribution in [2.24, 2.45) is 5.92 Å². The molecule has 1 aliphatic rings. The molecule has 0 spiro atoms. The van der Waals surface area contributed by atoms with Crippen LogP contribution in [-0.2, 0) is 6.54 Å². The van der Waals surface area contributed by atoms with E-state index in [1.165, 1.54) is 30.6 Å². The molecule has 0 radical (unpaired) electrons. The number of aliphatic hydroxyl groups excluding tert-OH is 1. The zero-order valence-corrected chi connectivity index (χ0v) is 10.7. The Morgan fingerprint density at radius 3 is 2.81 bits per heavy atom. The molecule has 1 atom stereocenters. The van der Waals surface area contributed by atoms with Crippen LogP contribution in [0.1, 0.15) is 37.5 Å². The van der Waals surface area contributed by atoms with Crippen LogP contribution in [0.25, 0.3) is 0 Å². The van der Waals surface area contributed by atoms with E-state index in [9.17, 15) is 5.11 Å². The zero-order chi connectivity index (χ0) is 11.4. The summed E-state index contributed by atoms with van der Waals surface area (Å²) in [5, 5.41) is 15.3. The average molecular weight is 239 g/mol. The van der Waals surface area contributed by atoms with Crippen LogP contribution in [0.2, 0.25) is 0 Å². The summed E-state index contributed by atoms with van der Waals surface area (Å²) >= 11 is 1.77. The molecule has 1 aromatic heterocycles. The fraction of sp³-hybridized carbons (Fsp3) is 0.692. The van der Waals surface area contributed by atoms with E-state index in [0.29, 0.717) is 5.92 Å². The van der Waals surface area contributed by atoms with E-state index in [4.69, 9.17) is 0 Å². The van der Waals surface area contributed by atoms with Gasteiger partial charge in [-0.05, 0) is 37.1 Å². The summed E-state index contributed by atoms with van der Waals surface area (Å²) in [5.41, 5.74) is -0.0967. The Hall–Kier alpha value is -0.380. The van der Waals surface area contributed by atoms with Crippen LogP contribution in [0.5, 0.6) is 0 Å². The Morgan fingerprint density at radius 1 is 1.50 bits per heavy atom. The van der Waals surface area contributed by atoms with E-state index in [2.05, 4.69) is 29.8 Å². The number of aliphatic hydroxyl groups is 1. The van der Waals surface area contributed by atoms with Crippen molar-refractivity contribution in [2.45, 2.75) is 44.7 Å². The molecule has 16 heavy (non-hydrogen) atoms. The SMILES string of the molecule is CC(CO)(NCc1cccs1)C1CCCC1. The van der Waals surface area contributed by atoms with Gasteiger partial charge in [-0.15, -0.1) is 11.3 Å². The van der Waals surface area contributed by atoms with Gasteiger partial charge in [-0.3, -0.25) is 0 Å². The van der Waals surface area contributed by atoms with Crippen LogP contribution in [-0.4, -0.2) is 17.3 Å². The monoisotopic (exact) mass is 239 g/mol. The van der Waals surface area contributed by atoms with Crippen molar-refractivity contribution in [3.05, 3.63) is 22.4 Å². The Morgan fingerprint density at radius 2 is 2.25 bits per heavy atom. The first kappa shape index (κ1) is 12.1. The van der Waals surface area contributed by atoms with E-state index in [0.717, 1.165) is 6.54 Å². The van der Waals surface area contributed by atoms with Gasteiger partial charge in [0, 0.05) is 17.0 Å². The highest BCUT2D eigenvalue weighted by Gasteiger charge is 2.34. The van der Waals surface area contributed by atoms with Crippen LogP contribution in [0, 0.1) is 5.92 Å². The van der Waals surface area contributed by atoms with Crippen LogP contribution in [0.3, 0.4) is 0 Å². The van der Waals surface area contributed by atoms with Crippen molar-refractivity contribution in [3.63, 3.8) is 0 Å². The molecule has 1 aromatic rings. The lowest BCUT2D eigenvalue weighted by atomic mass is 9.85. The summed E-state index contributed by atoms with van der Waals surface area (Å²) < 4.78 is 0.